The summed E-state index contributed by atoms with van der Waals surface area (Å²) in [5.74, 6) is 1.55. The molecule has 2 N–H and O–H groups in total. The molecule has 0 aromatic heterocycles. The van der Waals surface area contributed by atoms with Gasteiger partial charge in [0.2, 0.25) is 0 Å². The SMILES string of the molecule is CCCCC[C@H](O)CC[C@@H]1[C@H]2Cc3cccc(OCC(=O)OC(C)C)c3C[C@H]2C[C@H]1O. The zero-order valence-corrected chi connectivity index (χ0v) is 19.4. The predicted octanol–water partition coefficient (Wildman–Crippen LogP) is 4.45. The Bertz CT molecular complexity index is 716. The number of hydrogen-bond donors (Lipinski definition) is 2. The highest BCUT2D eigenvalue weighted by atomic mass is 16.6. The lowest BCUT2D eigenvalue weighted by Crippen LogP contribution is -2.28. The Balaban J connectivity index is 1.60. The van der Waals surface area contributed by atoms with Gasteiger partial charge in [-0.15, -0.1) is 0 Å². The molecule has 1 fully saturated rings. The standard InChI is InChI=1S/C26H40O5/c1-4-5-6-9-20(27)11-12-21-22-13-18-8-7-10-25(30-16-26(29)31-17(2)3)23(18)14-19(22)15-24(21)28/h7-8,10,17,19-22,24,27-28H,4-6,9,11-16H2,1-3H3/t19-,20-,21+,22-,24+/m0/s1. The van der Waals surface area contributed by atoms with E-state index in [1.165, 1.54) is 24.0 Å². The largest absolute Gasteiger partial charge is 0.482 e. The average molecular weight is 433 g/mol. The number of aliphatic hydroxyl groups is 2. The third kappa shape index (κ3) is 6.45. The molecule has 5 heteroatoms. The van der Waals surface area contributed by atoms with Gasteiger partial charge in [0.05, 0.1) is 18.3 Å². The third-order valence-corrected chi connectivity index (χ3v) is 7.03. The Morgan fingerprint density at radius 3 is 2.74 bits per heavy atom. The molecule has 0 radical (unpaired) electrons. The van der Waals surface area contributed by atoms with Crippen molar-refractivity contribution < 1.29 is 24.5 Å². The van der Waals surface area contributed by atoms with Crippen molar-refractivity contribution in [2.75, 3.05) is 6.61 Å². The summed E-state index contributed by atoms with van der Waals surface area (Å²) in [6.45, 7) is 5.75. The molecule has 0 heterocycles. The molecule has 1 aromatic carbocycles. The van der Waals surface area contributed by atoms with Gasteiger partial charge in [0, 0.05) is 0 Å². The second-order valence-electron chi connectivity index (χ2n) is 9.75. The maximum Gasteiger partial charge on any atom is 0.344 e. The van der Waals surface area contributed by atoms with Crippen molar-refractivity contribution in [3.8, 4) is 5.75 Å². The normalized spacial score (nSPS) is 25.7. The van der Waals surface area contributed by atoms with Crippen LogP contribution in [-0.2, 0) is 22.4 Å². The smallest absolute Gasteiger partial charge is 0.344 e. The van der Waals surface area contributed by atoms with Crippen LogP contribution < -0.4 is 4.74 Å². The van der Waals surface area contributed by atoms with Gasteiger partial charge in [-0.25, -0.2) is 4.79 Å². The molecular formula is C26H40O5. The average Bonchev–Trinajstić information content (AvgIpc) is 3.02. The molecule has 0 unspecified atom stereocenters. The summed E-state index contributed by atoms with van der Waals surface area (Å²) in [7, 11) is 0. The maximum absolute atomic E-state index is 11.9. The number of aliphatic hydroxyl groups excluding tert-OH is 2. The molecule has 31 heavy (non-hydrogen) atoms. The van der Waals surface area contributed by atoms with Crippen molar-refractivity contribution in [2.45, 2.75) is 96.9 Å². The summed E-state index contributed by atoms with van der Waals surface area (Å²) in [5, 5.41) is 21.1. The van der Waals surface area contributed by atoms with Crippen molar-refractivity contribution >= 4 is 5.97 Å². The highest BCUT2D eigenvalue weighted by Gasteiger charge is 2.44. The number of benzene rings is 1. The van der Waals surface area contributed by atoms with E-state index in [1.54, 1.807) is 0 Å². The van der Waals surface area contributed by atoms with Crippen LogP contribution in [0.4, 0.5) is 0 Å². The molecule has 5 atom stereocenters. The fourth-order valence-corrected chi connectivity index (χ4v) is 5.53. The topological polar surface area (TPSA) is 76.0 Å². The Morgan fingerprint density at radius 2 is 2.00 bits per heavy atom. The van der Waals surface area contributed by atoms with Crippen LogP contribution in [0.15, 0.2) is 18.2 Å². The third-order valence-electron chi connectivity index (χ3n) is 7.03. The number of carbonyl (C=O) groups is 1. The van der Waals surface area contributed by atoms with Gasteiger partial charge in [-0.2, -0.15) is 0 Å². The molecule has 0 amide bonds. The van der Waals surface area contributed by atoms with Crippen molar-refractivity contribution in [1.82, 2.24) is 0 Å². The summed E-state index contributed by atoms with van der Waals surface area (Å²) >= 11 is 0. The zero-order valence-electron chi connectivity index (χ0n) is 19.4. The molecule has 2 aliphatic carbocycles. The van der Waals surface area contributed by atoms with Crippen molar-refractivity contribution in [3.05, 3.63) is 29.3 Å². The first kappa shape index (κ1) is 24.1. The highest BCUT2D eigenvalue weighted by Crippen LogP contribution is 2.48. The van der Waals surface area contributed by atoms with Gasteiger partial charge in [-0.05, 0) is 87.3 Å². The molecule has 2 aliphatic rings. The van der Waals surface area contributed by atoms with Gasteiger partial charge in [-0.1, -0.05) is 38.3 Å². The molecule has 0 aliphatic heterocycles. The van der Waals surface area contributed by atoms with E-state index < -0.39 is 0 Å². The van der Waals surface area contributed by atoms with Crippen molar-refractivity contribution in [3.63, 3.8) is 0 Å². The number of unbranched alkanes of at least 4 members (excludes halogenated alkanes) is 2. The lowest BCUT2D eigenvalue weighted by Gasteiger charge is -2.32. The summed E-state index contributed by atoms with van der Waals surface area (Å²) < 4.78 is 11.0. The van der Waals surface area contributed by atoms with Crippen molar-refractivity contribution in [2.24, 2.45) is 17.8 Å². The Labute approximate surface area is 187 Å². The van der Waals surface area contributed by atoms with Gasteiger partial charge in [0.15, 0.2) is 6.61 Å². The van der Waals surface area contributed by atoms with Crippen LogP contribution in [0.2, 0.25) is 0 Å². The van der Waals surface area contributed by atoms with Crippen molar-refractivity contribution in [1.29, 1.82) is 0 Å². The quantitative estimate of drug-likeness (QED) is 0.399. The van der Waals surface area contributed by atoms with Gasteiger partial charge < -0.3 is 19.7 Å². The van der Waals surface area contributed by atoms with Crippen LogP contribution in [0.3, 0.4) is 0 Å². The van der Waals surface area contributed by atoms with Crippen LogP contribution in [0.25, 0.3) is 0 Å². The molecule has 3 rings (SSSR count). The first-order chi connectivity index (χ1) is 14.9. The van der Waals surface area contributed by atoms with Crippen LogP contribution in [0.1, 0.15) is 76.8 Å². The number of hydrogen-bond acceptors (Lipinski definition) is 5. The van der Waals surface area contributed by atoms with Gasteiger partial charge in [0.1, 0.15) is 5.75 Å². The predicted molar refractivity (Wildman–Crippen MR) is 121 cm³/mol. The van der Waals surface area contributed by atoms with E-state index >= 15 is 0 Å². The number of rotatable bonds is 11. The summed E-state index contributed by atoms with van der Waals surface area (Å²) in [6.07, 6.45) is 7.89. The second-order valence-corrected chi connectivity index (χ2v) is 9.75. The highest BCUT2D eigenvalue weighted by molar-refractivity contribution is 5.71. The number of ether oxygens (including phenoxy) is 2. The van der Waals surface area contributed by atoms with E-state index in [0.29, 0.717) is 11.8 Å². The fourth-order valence-electron chi connectivity index (χ4n) is 5.53. The number of fused-ring (bicyclic) bond motifs is 2. The number of carbonyl (C=O) groups excluding carboxylic acids is 1. The monoisotopic (exact) mass is 432 g/mol. The van der Waals surface area contributed by atoms with E-state index in [2.05, 4.69) is 13.0 Å². The van der Waals surface area contributed by atoms with Crippen LogP contribution in [0.5, 0.6) is 5.75 Å². The molecule has 1 aromatic rings. The minimum Gasteiger partial charge on any atom is -0.482 e. The Hall–Kier alpha value is -1.59. The Morgan fingerprint density at radius 1 is 1.19 bits per heavy atom. The Kier molecular flexibility index (Phi) is 8.79. The van der Waals surface area contributed by atoms with Crippen LogP contribution in [-0.4, -0.2) is 41.1 Å². The lowest BCUT2D eigenvalue weighted by atomic mass is 9.73. The van der Waals surface area contributed by atoms with Crippen LogP contribution >= 0.6 is 0 Å². The zero-order chi connectivity index (χ0) is 22.4. The molecular weight excluding hydrogens is 392 g/mol. The summed E-state index contributed by atoms with van der Waals surface area (Å²) in [4.78, 5) is 11.9. The minimum absolute atomic E-state index is 0.0795. The summed E-state index contributed by atoms with van der Waals surface area (Å²) in [6, 6.07) is 6.06. The lowest BCUT2D eigenvalue weighted by molar-refractivity contribution is -0.149. The molecule has 0 saturated heterocycles. The first-order valence-electron chi connectivity index (χ1n) is 12.2. The first-order valence-corrected chi connectivity index (χ1v) is 12.2. The minimum atomic E-state index is -0.352. The van der Waals surface area contributed by atoms with E-state index in [1.807, 2.05) is 26.0 Å². The van der Waals surface area contributed by atoms with E-state index in [0.717, 1.165) is 50.7 Å². The van der Waals surface area contributed by atoms with Gasteiger partial charge in [-0.3, -0.25) is 0 Å². The fraction of sp³-hybridized carbons (Fsp3) is 0.731. The molecule has 1 saturated carbocycles. The van der Waals surface area contributed by atoms with E-state index in [4.69, 9.17) is 9.47 Å². The number of esters is 1. The molecule has 174 valence electrons. The maximum atomic E-state index is 11.9. The van der Waals surface area contributed by atoms with E-state index in [9.17, 15) is 15.0 Å². The van der Waals surface area contributed by atoms with Gasteiger partial charge in [0.25, 0.3) is 0 Å². The second kappa shape index (κ2) is 11.3. The molecule has 5 nitrogen and oxygen atoms in total. The van der Waals surface area contributed by atoms with Crippen LogP contribution in [0, 0.1) is 17.8 Å². The van der Waals surface area contributed by atoms with E-state index in [-0.39, 0.29) is 36.8 Å². The molecule has 0 spiro atoms. The summed E-state index contributed by atoms with van der Waals surface area (Å²) in [5.41, 5.74) is 2.44. The molecule has 0 bridgehead atoms. The van der Waals surface area contributed by atoms with Gasteiger partial charge >= 0.3 is 5.97 Å².